The Morgan fingerprint density at radius 1 is 1.18 bits per heavy atom. The maximum atomic E-state index is 12.0. The molecule has 0 aliphatic heterocycles. The second-order valence-electron chi connectivity index (χ2n) is 7.16. The first-order chi connectivity index (χ1) is 10.0. The van der Waals surface area contributed by atoms with Crippen molar-refractivity contribution in [2.24, 2.45) is 0 Å². The lowest BCUT2D eigenvalue weighted by Gasteiger charge is -2.23. The number of amides is 1. The van der Waals surface area contributed by atoms with Crippen molar-refractivity contribution in [3.63, 3.8) is 0 Å². The van der Waals surface area contributed by atoms with E-state index in [9.17, 15) is 9.59 Å². The van der Waals surface area contributed by atoms with Crippen molar-refractivity contribution >= 4 is 18.3 Å². The highest BCUT2D eigenvalue weighted by Crippen LogP contribution is 2.28. The summed E-state index contributed by atoms with van der Waals surface area (Å²) in [6, 6.07) is 5.69. The molecule has 5 nitrogen and oxygen atoms in total. The van der Waals surface area contributed by atoms with E-state index in [-0.39, 0.29) is 12.0 Å². The third-order valence-electron chi connectivity index (χ3n) is 2.92. The second kappa shape index (κ2) is 6.81. The largest absolute Gasteiger partial charge is 0.463 e. The molecule has 0 unspecified atom stereocenters. The minimum Gasteiger partial charge on any atom is -0.463 e. The highest BCUT2D eigenvalue weighted by molar-refractivity contribution is 5.86. The van der Waals surface area contributed by atoms with Gasteiger partial charge in [-0.15, -0.1) is 0 Å². The number of ether oxygens (including phenoxy) is 2. The van der Waals surface area contributed by atoms with Crippen molar-refractivity contribution in [3.8, 4) is 0 Å². The fourth-order valence-electron chi connectivity index (χ4n) is 1.82. The lowest BCUT2D eigenvalue weighted by Crippen LogP contribution is -2.27. The molecule has 0 fully saturated rings. The Balaban J connectivity index is 3.05. The number of carbonyl (C=O) groups is 2. The molecule has 0 saturated carbocycles. The normalized spacial score (nSPS) is 11.7. The highest BCUT2D eigenvalue weighted by atomic mass is 16.6. The van der Waals surface area contributed by atoms with Crippen molar-refractivity contribution in [1.82, 2.24) is 0 Å². The minimum absolute atomic E-state index is 0.0611. The monoisotopic (exact) mass is 307 g/mol. The maximum absolute atomic E-state index is 12.0. The van der Waals surface area contributed by atoms with Gasteiger partial charge in [-0.1, -0.05) is 32.9 Å². The highest BCUT2D eigenvalue weighted by Gasteiger charge is 2.20. The zero-order chi connectivity index (χ0) is 17.0. The van der Waals surface area contributed by atoms with Gasteiger partial charge in [0.05, 0.1) is 5.69 Å². The summed E-state index contributed by atoms with van der Waals surface area (Å²) in [6.45, 7) is 12.1. The molecule has 0 bridgehead atoms. The average Bonchev–Trinajstić information content (AvgIpc) is 2.33. The molecular weight excluding hydrogens is 282 g/mol. The third-order valence-corrected chi connectivity index (χ3v) is 2.92. The van der Waals surface area contributed by atoms with E-state index in [1.54, 1.807) is 20.8 Å². The number of hydrogen-bond acceptors (Lipinski definition) is 4. The van der Waals surface area contributed by atoms with Crippen molar-refractivity contribution < 1.29 is 19.1 Å². The zero-order valence-electron chi connectivity index (χ0n) is 14.1. The Hall–Kier alpha value is -2.04. The minimum atomic E-state index is -0.578. The molecule has 0 spiro atoms. The molecule has 1 amide bonds. The van der Waals surface area contributed by atoms with Crippen LogP contribution in [0.3, 0.4) is 0 Å². The van der Waals surface area contributed by atoms with Gasteiger partial charge < -0.3 is 9.47 Å². The van der Waals surface area contributed by atoms with E-state index in [1.807, 2.05) is 18.2 Å². The molecule has 0 aliphatic rings. The van der Waals surface area contributed by atoms with Crippen LogP contribution in [0, 0.1) is 0 Å². The Morgan fingerprint density at radius 2 is 1.82 bits per heavy atom. The number of carbonyl (C=O) groups excluding carboxylic acids is 2. The summed E-state index contributed by atoms with van der Waals surface area (Å²) in [4.78, 5) is 22.4. The molecule has 1 rings (SSSR count). The van der Waals surface area contributed by atoms with Crippen LogP contribution in [0.4, 0.5) is 10.5 Å². The molecule has 0 atom stereocenters. The van der Waals surface area contributed by atoms with Gasteiger partial charge in [-0.25, -0.2) is 4.79 Å². The van der Waals surface area contributed by atoms with Gasteiger partial charge >= 0.3 is 6.09 Å². The van der Waals surface area contributed by atoms with Gasteiger partial charge in [0.15, 0.2) is 0 Å². The SMILES string of the molecule is CC(C)(C)OC(=O)Nc1cc(C(C)(C)C)ccc1COC=O. The van der Waals surface area contributed by atoms with E-state index in [1.165, 1.54) is 0 Å². The number of rotatable bonds is 4. The standard InChI is InChI=1S/C17H25NO4/c1-16(2,3)13-8-7-12(10-21-11-19)14(9-13)18-15(20)22-17(4,5)6/h7-9,11H,10H2,1-6H3,(H,18,20). The quantitative estimate of drug-likeness (QED) is 0.854. The fourth-order valence-corrected chi connectivity index (χ4v) is 1.82. The van der Waals surface area contributed by atoms with E-state index in [4.69, 9.17) is 9.47 Å². The van der Waals surface area contributed by atoms with E-state index < -0.39 is 11.7 Å². The van der Waals surface area contributed by atoms with Crippen LogP contribution in [-0.2, 0) is 26.3 Å². The average molecular weight is 307 g/mol. The number of hydrogen-bond donors (Lipinski definition) is 1. The van der Waals surface area contributed by atoms with Crippen LogP contribution in [-0.4, -0.2) is 18.2 Å². The summed E-state index contributed by atoms with van der Waals surface area (Å²) in [7, 11) is 0. The van der Waals surface area contributed by atoms with Gasteiger partial charge in [0.2, 0.25) is 0 Å². The van der Waals surface area contributed by atoms with Gasteiger partial charge in [-0.2, -0.15) is 0 Å². The van der Waals surface area contributed by atoms with Crippen molar-refractivity contribution in [2.75, 3.05) is 5.32 Å². The molecule has 22 heavy (non-hydrogen) atoms. The Kier molecular flexibility index (Phi) is 5.58. The molecule has 1 N–H and O–H groups in total. The smallest absolute Gasteiger partial charge is 0.412 e. The lowest BCUT2D eigenvalue weighted by atomic mass is 9.86. The molecular formula is C17H25NO4. The zero-order valence-corrected chi connectivity index (χ0v) is 14.1. The van der Waals surface area contributed by atoms with Crippen molar-refractivity contribution in [1.29, 1.82) is 0 Å². The summed E-state index contributed by atoms with van der Waals surface area (Å²) in [5.41, 5.74) is 1.72. The first-order valence-corrected chi connectivity index (χ1v) is 7.21. The molecule has 0 radical (unpaired) electrons. The molecule has 1 aromatic rings. The molecule has 0 saturated heterocycles. The molecule has 1 aromatic carbocycles. The van der Waals surface area contributed by atoms with Gasteiger partial charge in [-0.3, -0.25) is 10.1 Å². The number of benzene rings is 1. The van der Waals surface area contributed by atoms with Crippen molar-refractivity contribution in [3.05, 3.63) is 29.3 Å². The van der Waals surface area contributed by atoms with Crippen LogP contribution in [0.1, 0.15) is 52.7 Å². The van der Waals surface area contributed by atoms with Crippen LogP contribution >= 0.6 is 0 Å². The van der Waals surface area contributed by atoms with Crippen LogP contribution in [0.2, 0.25) is 0 Å². The van der Waals surface area contributed by atoms with Gasteiger partial charge in [0.25, 0.3) is 6.47 Å². The summed E-state index contributed by atoms with van der Waals surface area (Å²) in [6.07, 6.45) is -0.536. The van der Waals surface area contributed by atoms with Crippen LogP contribution in [0.15, 0.2) is 18.2 Å². The van der Waals surface area contributed by atoms with E-state index in [2.05, 4.69) is 26.1 Å². The van der Waals surface area contributed by atoms with E-state index in [0.717, 1.165) is 5.56 Å². The van der Waals surface area contributed by atoms with Crippen LogP contribution < -0.4 is 5.32 Å². The lowest BCUT2D eigenvalue weighted by molar-refractivity contribution is -0.129. The summed E-state index contributed by atoms with van der Waals surface area (Å²) in [5, 5.41) is 2.73. The van der Waals surface area contributed by atoms with E-state index in [0.29, 0.717) is 17.7 Å². The number of anilines is 1. The summed E-state index contributed by atoms with van der Waals surface area (Å²) >= 11 is 0. The van der Waals surface area contributed by atoms with Gasteiger partial charge in [-0.05, 0) is 37.8 Å². The predicted molar refractivity (Wildman–Crippen MR) is 85.9 cm³/mol. The number of nitrogens with one attached hydrogen (secondary N) is 1. The predicted octanol–water partition coefficient (Wildman–Crippen LogP) is 4.00. The fraction of sp³-hybridized carbons (Fsp3) is 0.529. The molecule has 0 aromatic heterocycles. The first kappa shape index (κ1) is 18.0. The molecule has 0 heterocycles. The van der Waals surface area contributed by atoms with Crippen molar-refractivity contribution in [2.45, 2.75) is 59.2 Å². The van der Waals surface area contributed by atoms with Crippen LogP contribution in [0.5, 0.6) is 0 Å². The molecule has 122 valence electrons. The van der Waals surface area contributed by atoms with Gasteiger partial charge in [0.1, 0.15) is 12.2 Å². The van der Waals surface area contributed by atoms with Crippen LogP contribution in [0.25, 0.3) is 0 Å². The Bertz CT molecular complexity index is 539. The first-order valence-electron chi connectivity index (χ1n) is 7.21. The topological polar surface area (TPSA) is 64.6 Å². The third kappa shape index (κ3) is 5.76. The summed E-state index contributed by atoms with van der Waals surface area (Å²) < 4.78 is 10.1. The molecule has 0 aliphatic carbocycles. The summed E-state index contributed by atoms with van der Waals surface area (Å²) in [5.74, 6) is 0. The van der Waals surface area contributed by atoms with E-state index >= 15 is 0 Å². The second-order valence-corrected chi connectivity index (χ2v) is 7.16. The maximum Gasteiger partial charge on any atom is 0.412 e. The Labute approximate surface area is 132 Å². The molecule has 5 heteroatoms. The Morgan fingerprint density at radius 3 is 2.32 bits per heavy atom. The van der Waals surface area contributed by atoms with Gasteiger partial charge in [0, 0.05) is 5.56 Å².